The van der Waals surface area contributed by atoms with Crippen molar-refractivity contribution >= 4 is 23.2 Å². The largest absolute Gasteiger partial charge is 0.466 e. The van der Waals surface area contributed by atoms with Crippen LogP contribution < -0.4 is 10.2 Å². The minimum Gasteiger partial charge on any atom is -0.466 e. The van der Waals surface area contributed by atoms with Gasteiger partial charge in [0.05, 0.1) is 17.3 Å². The number of benzene rings is 1. The number of rotatable bonds is 2. The van der Waals surface area contributed by atoms with Crippen molar-refractivity contribution in [3.63, 3.8) is 0 Å². The molecular weight excluding hydrogens is 306 g/mol. The van der Waals surface area contributed by atoms with E-state index in [0.29, 0.717) is 11.5 Å². The number of nitrogens with zero attached hydrogens (tertiary/aromatic N) is 1. The standard InChI is InChI=1S/C16H14F2N2O3/c1-8-3-4-14(23-8)9(2)16(22)20-7-15(21)19-12-5-10(17)11(18)6-13(12)20/h3-6,9H,7H2,1-2H3,(H,19,21). The van der Waals surface area contributed by atoms with Crippen LogP contribution in [-0.4, -0.2) is 18.4 Å². The highest BCUT2D eigenvalue weighted by atomic mass is 19.2. The van der Waals surface area contributed by atoms with Crippen molar-refractivity contribution in [2.75, 3.05) is 16.8 Å². The first-order valence-corrected chi connectivity index (χ1v) is 7.03. The molecule has 0 saturated heterocycles. The molecule has 2 amide bonds. The van der Waals surface area contributed by atoms with Gasteiger partial charge in [-0.2, -0.15) is 0 Å². The molecule has 0 aliphatic carbocycles. The Bertz CT molecular complexity index is 801. The molecule has 0 radical (unpaired) electrons. The highest BCUT2D eigenvalue weighted by molar-refractivity contribution is 6.11. The number of halogens is 2. The van der Waals surface area contributed by atoms with E-state index in [0.717, 1.165) is 17.0 Å². The molecule has 0 spiro atoms. The van der Waals surface area contributed by atoms with Crippen molar-refractivity contribution in [2.45, 2.75) is 19.8 Å². The lowest BCUT2D eigenvalue weighted by atomic mass is 10.1. The zero-order valence-corrected chi connectivity index (χ0v) is 12.5. The van der Waals surface area contributed by atoms with Crippen LogP contribution in [0.15, 0.2) is 28.7 Å². The molecule has 1 aromatic carbocycles. The van der Waals surface area contributed by atoms with Crippen LogP contribution in [0.1, 0.15) is 24.4 Å². The molecule has 120 valence electrons. The zero-order valence-electron chi connectivity index (χ0n) is 12.5. The van der Waals surface area contributed by atoms with Crippen LogP contribution in [0.4, 0.5) is 20.2 Å². The summed E-state index contributed by atoms with van der Waals surface area (Å²) in [6, 6.07) is 5.17. The minimum absolute atomic E-state index is 0.0660. The van der Waals surface area contributed by atoms with Gasteiger partial charge in [0.15, 0.2) is 11.6 Å². The summed E-state index contributed by atoms with van der Waals surface area (Å²) in [5.74, 6) is -2.63. The Hall–Kier alpha value is -2.70. The summed E-state index contributed by atoms with van der Waals surface area (Å²) in [7, 11) is 0. The monoisotopic (exact) mass is 320 g/mol. The molecule has 2 aromatic rings. The predicted molar refractivity (Wildman–Crippen MR) is 79.2 cm³/mol. The molecule has 3 rings (SSSR count). The first kappa shape index (κ1) is 15.2. The van der Waals surface area contributed by atoms with Gasteiger partial charge in [0.25, 0.3) is 0 Å². The molecule has 0 saturated carbocycles. The van der Waals surface area contributed by atoms with Crippen LogP contribution in [0.3, 0.4) is 0 Å². The molecule has 2 heterocycles. The number of hydrogen-bond donors (Lipinski definition) is 1. The number of anilines is 2. The second kappa shape index (κ2) is 5.49. The van der Waals surface area contributed by atoms with Gasteiger partial charge in [-0.3, -0.25) is 9.59 Å². The van der Waals surface area contributed by atoms with Gasteiger partial charge < -0.3 is 14.6 Å². The third-order valence-corrected chi connectivity index (χ3v) is 3.73. The maximum Gasteiger partial charge on any atom is 0.244 e. The Morgan fingerprint density at radius 2 is 2.00 bits per heavy atom. The van der Waals surface area contributed by atoms with Crippen molar-refractivity contribution in [1.29, 1.82) is 0 Å². The second-order valence-electron chi connectivity index (χ2n) is 5.43. The Morgan fingerprint density at radius 3 is 2.65 bits per heavy atom. The maximum atomic E-state index is 13.5. The van der Waals surface area contributed by atoms with E-state index in [4.69, 9.17) is 4.42 Å². The number of carbonyl (C=O) groups is 2. The summed E-state index contributed by atoms with van der Waals surface area (Å²) >= 11 is 0. The molecule has 1 atom stereocenters. The fourth-order valence-electron chi connectivity index (χ4n) is 2.52. The number of aryl methyl sites for hydroxylation is 1. The van der Waals surface area contributed by atoms with Crippen molar-refractivity contribution in [3.05, 3.63) is 47.4 Å². The fourth-order valence-corrected chi connectivity index (χ4v) is 2.52. The van der Waals surface area contributed by atoms with E-state index in [1.165, 1.54) is 0 Å². The SMILES string of the molecule is Cc1ccc(C(C)C(=O)N2CC(=O)Nc3cc(F)c(F)cc32)o1. The smallest absolute Gasteiger partial charge is 0.244 e. The molecule has 7 heteroatoms. The number of furan rings is 1. The van der Waals surface area contributed by atoms with Crippen molar-refractivity contribution in [2.24, 2.45) is 0 Å². The van der Waals surface area contributed by atoms with Gasteiger partial charge in [-0.1, -0.05) is 0 Å². The van der Waals surface area contributed by atoms with Crippen LogP contribution >= 0.6 is 0 Å². The first-order valence-electron chi connectivity index (χ1n) is 7.03. The minimum atomic E-state index is -1.09. The molecule has 1 aliphatic heterocycles. The second-order valence-corrected chi connectivity index (χ2v) is 5.43. The van der Waals surface area contributed by atoms with Crippen LogP contribution in [0.25, 0.3) is 0 Å². The summed E-state index contributed by atoms with van der Waals surface area (Å²) in [4.78, 5) is 25.6. The number of fused-ring (bicyclic) bond motifs is 1. The van der Waals surface area contributed by atoms with Gasteiger partial charge in [-0.15, -0.1) is 0 Å². The molecule has 23 heavy (non-hydrogen) atoms. The van der Waals surface area contributed by atoms with Crippen LogP contribution in [0, 0.1) is 18.6 Å². The third kappa shape index (κ3) is 2.69. The summed E-state index contributed by atoms with van der Waals surface area (Å²) in [5.41, 5.74) is 0.194. The van der Waals surface area contributed by atoms with E-state index < -0.39 is 29.4 Å². The number of nitrogens with one attached hydrogen (secondary N) is 1. The summed E-state index contributed by atoms with van der Waals surface area (Å²) in [6.45, 7) is 3.12. The Morgan fingerprint density at radius 1 is 1.30 bits per heavy atom. The van der Waals surface area contributed by atoms with Crippen LogP contribution in [0.2, 0.25) is 0 Å². The van der Waals surface area contributed by atoms with Crippen molar-refractivity contribution < 1.29 is 22.8 Å². The van der Waals surface area contributed by atoms with E-state index in [2.05, 4.69) is 5.32 Å². The molecule has 5 nitrogen and oxygen atoms in total. The fraction of sp³-hybridized carbons (Fsp3) is 0.250. The van der Waals surface area contributed by atoms with Crippen molar-refractivity contribution in [1.82, 2.24) is 0 Å². The van der Waals surface area contributed by atoms with Crippen LogP contribution in [0.5, 0.6) is 0 Å². The van der Waals surface area contributed by atoms with Gasteiger partial charge in [-0.05, 0) is 26.0 Å². The Labute approximate surface area is 130 Å². The first-order chi connectivity index (χ1) is 10.9. The lowest BCUT2D eigenvalue weighted by Crippen LogP contribution is -2.44. The zero-order chi connectivity index (χ0) is 16.7. The topological polar surface area (TPSA) is 62.6 Å². The molecule has 0 fully saturated rings. The van der Waals surface area contributed by atoms with Crippen molar-refractivity contribution in [3.8, 4) is 0 Å². The van der Waals surface area contributed by atoms with E-state index >= 15 is 0 Å². The van der Waals surface area contributed by atoms with Gasteiger partial charge in [0.1, 0.15) is 18.1 Å². The van der Waals surface area contributed by atoms with Gasteiger partial charge in [0.2, 0.25) is 11.8 Å². The van der Waals surface area contributed by atoms with E-state index in [1.807, 2.05) is 0 Å². The lowest BCUT2D eigenvalue weighted by Gasteiger charge is -2.30. The average molecular weight is 320 g/mol. The summed E-state index contributed by atoms with van der Waals surface area (Å²) < 4.78 is 32.3. The molecule has 1 unspecified atom stereocenters. The maximum absolute atomic E-state index is 13.5. The van der Waals surface area contributed by atoms with Gasteiger partial charge >= 0.3 is 0 Å². The molecule has 1 aromatic heterocycles. The number of hydrogen-bond acceptors (Lipinski definition) is 3. The van der Waals surface area contributed by atoms with Gasteiger partial charge in [-0.25, -0.2) is 8.78 Å². The normalized spacial score (nSPS) is 15.1. The quantitative estimate of drug-likeness (QED) is 0.925. The number of carbonyl (C=O) groups excluding carboxylic acids is 2. The molecular formula is C16H14F2N2O3. The third-order valence-electron chi connectivity index (χ3n) is 3.73. The Balaban J connectivity index is 1.98. The number of amides is 2. The highest BCUT2D eigenvalue weighted by Gasteiger charge is 2.32. The van der Waals surface area contributed by atoms with E-state index in [-0.39, 0.29) is 17.9 Å². The summed E-state index contributed by atoms with van der Waals surface area (Å²) in [5, 5.41) is 2.43. The Kier molecular flexibility index (Phi) is 3.63. The highest BCUT2D eigenvalue weighted by Crippen LogP contribution is 2.34. The van der Waals surface area contributed by atoms with E-state index in [9.17, 15) is 18.4 Å². The van der Waals surface area contributed by atoms with Gasteiger partial charge in [0, 0.05) is 12.1 Å². The van der Waals surface area contributed by atoms with Crippen LogP contribution in [-0.2, 0) is 9.59 Å². The molecule has 1 aliphatic rings. The molecule has 1 N–H and O–H groups in total. The lowest BCUT2D eigenvalue weighted by molar-refractivity contribution is -0.122. The summed E-state index contributed by atoms with van der Waals surface area (Å²) in [6.07, 6.45) is 0. The van der Waals surface area contributed by atoms with E-state index in [1.54, 1.807) is 26.0 Å². The predicted octanol–water partition coefficient (Wildman–Crippen LogP) is 2.96. The molecule has 0 bridgehead atoms. The average Bonchev–Trinajstić information content (AvgIpc) is 2.93.